The lowest BCUT2D eigenvalue weighted by Gasteiger charge is -2.04. The molecule has 2 rings (SSSR count). The minimum Gasteiger partial charge on any atom is -0.461 e. The maximum Gasteiger partial charge on any atom is 0.310 e. The predicted octanol–water partition coefficient (Wildman–Crippen LogP) is 4.49. The third-order valence-electron chi connectivity index (χ3n) is 4.24. The Labute approximate surface area is 153 Å². The third-order valence-corrected chi connectivity index (χ3v) is 4.77. The number of nitriles is 1. The molecule has 4 nitrogen and oxygen atoms in total. The van der Waals surface area contributed by atoms with Crippen molar-refractivity contribution in [3.8, 4) is 6.07 Å². The van der Waals surface area contributed by atoms with Gasteiger partial charge in [0.05, 0.1) is 9.31 Å². The van der Waals surface area contributed by atoms with Gasteiger partial charge in [-0.1, -0.05) is 26.0 Å². The van der Waals surface area contributed by atoms with E-state index in [9.17, 15) is 4.79 Å². The summed E-state index contributed by atoms with van der Waals surface area (Å²) in [5.41, 5.74) is 1.24. The summed E-state index contributed by atoms with van der Waals surface area (Å²) in [5, 5.41) is 9.09. The molecule has 0 spiro atoms. The highest BCUT2D eigenvalue weighted by atomic mass is 79.9. The van der Waals surface area contributed by atoms with Crippen LogP contribution in [-0.2, 0) is 22.7 Å². The molecule has 0 saturated heterocycles. The molecule has 1 aromatic rings. The molecular formula is C17H18Br2N2O2. The maximum atomic E-state index is 12.3. The molecule has 0 amide bonds. The van der Waals surface area contributed by atoms with E-state index in [1.165, 1.54) is 0 Å². The Hall–Kier alpha value is -1.32. The zero-order valence-electron chi connectivity index (χ0n) is 13.1. The number of hydrogen-bond acceptors (Lipinski definition) is 3. The molecule has 0 unspecified atom stereocenters. The van der Waals surface area contributed by atoms with Crippen molar-refractivity contribution in [2.75, 3.05) is 0 Å². The van der Waals surface area contributed by atoms with Crippen molar-refractivity contribution in [1.29, 1.82) is 5.26 Å². The molecule has 23 heavy (non-hydrogen) atoms. The van der Waals surface area contributed by atoms with Gasteiger partial charge in [-0.3, -0.25) is 4.79 Å². The van der Waals surface area contributed by atoms with Crippen LogP contribution in [0.4, 0.5) is 0 Å². The van der Waals surface area contributed by atoms with Crippen LogP contribution in [0.1, 0.15) is 25.1 Å². The van der Waals surface area contributed by atoms with E-state index in [4.69, 9.17) is 10.00 Å². The lowest BCUT2D eigenvalue weighted by molar-refractivity contribution is -0.147. The molecule has 122 valence electrons. The molecule has 0 bridgehead atoms. The average Bonchev–Trinajstić information content (AvgIpc) is 2.82. The predicted molar refractivity (Wildman–Crippen MR) is 95.8 cm³/mol. The smallest absolute Gasteiger partial charge is 0.310 e. The molecule has 0 aromatic carbocycles. The van der Waals surface area contributed by atoms with Gasteiger partial charge in [-0.15, -0.1) is 6.58 Å². The van der Waals surface area contributed by atoms with Crippen molar-refractivity contribution in [1.82, 2.24) is 4.57 Å². The Kier molecular flexibility index (Phi) is 5.53. The number of hydrogen-bond donors (Lipinski definition) is 0. The fraction of sp³-hybridized carbons (Fsp3) is 0.412. The second kappa shape index (κ2) is 7.06. The molecule has 1 saturated carbocycles. The van der Waals surface area contributed by atoms with E-state index >= 15 is 0 Å². The van der Waals surface area contributed by atoms with Crippen LogP contribution in [0.25, 0.3) is 0 Å². The van der Waals surface area contributed by atoms with Gasteiger partial charge >= 0.3 is 5.97 Å². The summed E-state index contributed by atoms with van der Waals surface area (Å²) in [4.78, 5) is 12.3. The quantitative estimate of drug-likeness (QED) is 0.482. The van der Waals surface area contributed by atoms with E-state index in [0.29, 0.717) is 12.2 Å². The number of ether oxygens (including phenoxy) is 1. The van der Waals surface area contributed by atoms with Crippen LogP contribution in [-0.4, -0.2) is 10.5 Å². The van der Waals surface area contributed by atoms with Gasteiger partial charge in [-0.05, 0) is 49.3 Å². The van der Waals surface area contributed by atoms with E-state index < -0.39 is 0 Å². The maximum absolute atomic E-state index is 12.3. The van der Waals surface area contributed by atoms with Gasteiger partial charge in [0, 0.05) is 18.3 Å². The normalized spacial score (nSPS) is 21.2. The topological polar surface area (TPSA) is 55.0 Å². The Morgan fingerprint density at radius 2 is 2.26 bits per heavy atom. The number of nitrogens with zero attached hydrogens (tertiary/aromatic N) is 2. The van der Waals surface area contributed by atoms with Gasteiger partial charge in [0.25, 0.3) is 0 Å². The Bertz CT molecular complexity index is 694. The molecule has 0 radical (unpaired) electrons. The van der Waals surface area contributed by atoms with Gasteiger partial charge in [0.2, 0.25) is 0 Å². The first-order valence-electron chi connectivity index (χ1n) is 7.20. The number of allylic oxidation sites excluding steroid dienone is 2. The molecule has 0 aliphatic heterocycles. The summed E-state index contributed by atoms with van der Waals surface area (Å²) in [6, 6.07) is 3.86. The summed E-state index contributed by atoms with van der Waals surface area (Å²) in [5.74, 6) is -0.186. The summed E-state index contributed by atoms with van der Waals surface area (Å²) < 4.78 is 8.07. The van der Waals surface area contributed by atoms with Crippen LogP contribution in [0.2, 0.25) is 0 Å². The second-order valence-electron chi connectivity index (χ2n) is 6.18. The molecular weight excluding hydrogens is 424 g/mol. The van der Waals surface area contributed by atoms with E-state index in [0.717, 1.165) is 8.96 Å². The van der Waals surface area contributed by atoms with Gasteiger partial charge in [-0.25, -0.2) is 0 Å². The first-order chi connectivity index (χ1) is 10.8. The van der Waals surface area contributed by atoms with E-state index in [-0.39, 0.29) is 29.8 Å². The van der Waals surface area contributed by atoms with E-state index in [2.05, 4.69) is 58.4 Å². The SMILES string of the molecule is C=CCn1cc(COC(=O)[C@@H]2[C@H](C=C(Br)Br)C2(C)C)cc1C#N. The number of halogens is 2. The molecule has 2 atom stereocenters. The fourth-order valence-corrected chi connectivity index (χ4v) is 3.42. The van der Waals surface area contributed by atoms with Crippen LogP contribution >= 0.6 is 31.9 Å². The van der Waals surface area contributed by atoms with Crippen molar-refractivity contribution in [2.24, 2.45) is 17.3 Å². The average molecular weight is 442 g/mol. The first-order valence-corrected chi connectivity index (χ1v) is 8.79. The lowest BCUT2D eigenvalue weighted by atomic mass is 10.1. The number of rotatable bonds is 6. The van der Waals surface area contributed by atoms with Crippen LogP contribution in [0.3, 0.4) is 0 Å². The van der Waals surface area contributed by atoms with Crippen LogP contribution in [0.15, 0.2) is 34.4 Å². The Balaban J connectivity index is 1.99. The number of aromatic nitrogens is 1. The van der Waals surface area contributed by atoms with Crippen LogP contribution in [0.5, 0.6) is 0 Å². The fourth-order valence-electron chi connectivity index (χ4n) is 2.85. The van der Waals surface area contributed by atoms with E-state index in [1.54, 1.807) is 16.7 Å². The summed E-state index contributed by atoms with van der Waals surface area (Å²) in [6.45, 7) is 8.50. The molecule has 6 heteroatoms. The Morgan fingerprint density at radius 1 is 1.57 bits per heavy atom. The van der Waals surface area contributed by atoms with E-state index in [1.807, 2.05) is 12.3 Å². The van der Waals surface area contributed by atoms with Gasteiger partial charge in [-0.2, -0.15) is 5.26 Å². The van der Waals surface area contributed by atoms with Crippen molar-refractivity contribution < 1.29 is 9.53 Å². The molecule has 1 heterocycles. The van der Waals surface area contributed by atoms with Gasteiger partial charge < -0.3 is 9.30 Å². The highest BCUT2D eigenvalue weighted by molar-refractivity contribution is 9.28. The molecule has 0 N–H and O–H groups in total. The Morgan fingerprint density at radius 3 is 2.83 bits per heavy atom. The molecule has 1 aromatic heterocycles. The minimum atomic E-state index is -0.201. The summed E-state index contributed by atoms with van der Waals surface area (Å²) >= 11 is 6.67. The van der Waals surface area contributed by atoms with Crippen LogP contribution in [0, 0.1) is 28.6 Å². The zero-order chi connectivity index (χ0) is 17.2. The van der Waals surface area contributed by atoms with Crippen molar-refractivity contribution >= 4 is 37.8 Å². The summed E-state index contributed by atoms with van der Waals surface area (Å²) in [6.07, 6.45) is 5.52. The van der Waals surface area contributed by atoms with Gasteiger partial charge in [0.15, 0.2) is 0 Å². The minimum absolute atomic E-state index is 0.101. The monoisotopic (exact) mass is 440 g/mol. The first kappa shape index (κ1) is 18.0. The van der Waals surface area contributed by atoms with Gasteiger partial charge in [0.1, 0.15) is 18.4 Å². The zero-order valence-corrected chi connectivity index (χ0v) is 16.2. The lowest BCUT2D eigenvalue weighted by Crippen LogP contribution is -2.10. The highest BCUT2D eigenvalue weighted by Gasteiger charge is 2.61. The number of carbonyl (C=O) groups is 1. The molecule has 1 aliphatic rings. The van der Waals surface area contributed by atoms with Crippen molar-refractivity contribution in [2.45, 2.75) is 27.0 Å². The number of carbonyl (C=O) groups excluding carboxylic acids is 1. The second-order valence-corrected chi connectivity index (χ2v) is 8.95. The van der Waals surface area contributed by atoms with Crippen molar-refractivity contribution in [3.05, 3.63) is 45.6 Å². The third kappa shape index (κ3) is 3.96. The van der Waals surface area contributed by atoms with Crippen LogP contribution < -0.4 is 0 Å². The largest absolute Gasteiger partial charge is 0.461 e. The molecule has 1 aliphatic carbocycles. The number of esters is 1. The highest BCUT2D eigenvalue weighted by Crippen LogP contribution is 2.60. The standard InChI is InChI=1S/C17H18Br2N2O2/c1-4-5-21-9-11(6-12(21)8-20)10-23-16(22)15-13(7-14(18)19)17(15,2)3/h4,6-7,9,13,15H,1,5,10H2,2-3H3/t13-,15-/m0/s1. The summed E-state index contributed by atoms with van der Waals surface area (Å²) in [7, 11) is 0. The molecule has 1 fully saturated rings. The van der Waals surface area contributed by atoms with Crippen molar-refractivity contribution in [3.63, 3.8) is 0 Å².